The average Bonchev–Trinajstić information content (AvgIpc) is 2.67. The molecule has 0 fully saturated rings. The molecule has 5 nitrogen and oxygen atoms in total. The van der Waals surface area contributed by atoms with E-state index in [1.807, 2.05) is 25.1 Å². The molecule has 1 amide bonds. The smallest absolute Gasteiger partial charge is 0.344 e. The predicted octanol–water partition coefficient (Wildman–Crippen LogP) is 3.76. The van der Waals surface area contributed by atoms with Gasteiger partial charge in [-0.15, -0.1) is 0 Å². The Hall–Kier alpha value is -2.53. The lowest BCUT2D eigenvalue weighted by Crippen LogP contribution is -2.34. The molecule has 0 aliphatic heterocycles. The minimum atomic E-state index is -0.596. The Morgan fingerprint density at radius 1 is 1.19 bits per heavy atom. The van der Waals surface area contributed by atoms with Crippen LogP contribution in [-0.4, -0.2) is 25.1 Å². The third kappa shape index (κ3) is 5.23. The summed E-state index contributed by atoms with van der Waals surface area (Å²) in [5.41, 5.74) is 3.26. The van der Waals surface area contributed by atoms with Gasteiger partial charge in [0, 0.05) is 5.02 Å². The first-order valence-electron chi connectivity index (χ1n) is 8.94. The summed E-state index contributed by atoms with van der Waals surface area (Å²) >= 11 is 5.95. The first kappa shape index (κ1) is 19.2. The molecule has 2 aromatic rings. The zero-order valence-electron chi connectivity index (χ0n) is 15.2. The molecule has 3 rings (SSSR count). The summed E-state index contributed by atoms with van der Waals surface area (Å²) in [7, 11) is 0. The van der Waals surface area contributed by atoms with E-state index in [1.165, 1.54) is 5.56 Å². The van der Waals surface area contributed by atoms with Crippen molar-refractivity contribution >= 4 is 23.5 Å². The fourth-order valence-corrected chi connectivity index (χ4v) is 3.29. The van der Waals surface area contributed by atoms with Crippen molar-refractivity contribution in [2.24, 2.45) is 0 Å². The van der Waals surface area contributed by atoms with E-state index in [2.05, 4.69) is 11.4 Å². The Labute approximate surface area is 163 Å². The van der Waals surface area contributed by atoms with Crippen LogP contribution in [0.3, 0.4) is 0 Å². The van der Waals surface area contributed by atoms with E-state index >= 15 is 0 Å². The molecular weight excluding hydrogens is 366 g/mol. The second-order valence-electron chi connectivity index (χ2n) is 6.57. The highest BCUT2D eigenvalue weighted by atomic mass is 35.5. The van der Waals surface area contributed by atoms with E-state index in [0.717, 1.165) is 30.4 Å². The summed E-state index contributed by atoms with van der Waals surface area (Å²) in [6, 6.07) is 13.2. The van der Waals surface area contributed by atoms with Gasteiger partial charge in [0.1, 0.15) is 5.75 Å². The van der Waals surface area contributed by atoms with Crippen LogP contribution in [0.1, 0.15) is 35.6 Å². The molecule has 0 unspecified atom stereocenters. The normalized spacial score (nSPS) is 15.6. The topological polar surface area (TPSA) is 64.6 Å². The molecule has 0 saturated carbocycles. The van der Waals surface area contributed by atoms with Gasteiger partial charge < -0.3 is 14.8 Å². The number of aryl methyl sites for hydroxylation is 2. The molecule has 1 atom stereocenters. The number of ether oxygens (including phenoxy) is 2. The van der Waals surface area contributed by atoms with Crippen molar-refractivity contribution in [3.05, 3.63) is 64.2 Å². The van der Waals surface area contributed by atoms with Crippen LogP contribution in [0.15, 0.2) is 42.5 Å². The van der Waals surface area contributed by atoms with Gasteiger partial charge in [-0.2, -0.15) is 0 Å². The van der Waals surface area contributed by atoms with Crippen LogP contribution in [0.4, 0.5) is 0 Å². The Morgan fingerprint density at radius 3 is 2.81 bits per heavy atom. The number of rotatable bonds is 6. The van der Waals surface area contributed by atoms with E-state index in [1.54, 1.807) is 18.2 Å². The molecule has 1 aliphatic rings. The second kappa shape index (κ2) is 8.91. The van der Waals surface area contributed by atoms with E-state index < -0.39 is 5.97 Å². The third-order valence-corrected chi connectivity index (χ3v) is 4.98. The zero-order valence-corrected chi connectivity index (χ0v) is 15.9. The van der Waals surface area contributed by atoms with Gasteiger partial charge in [-0.1, -0.05) is 35.9 Å². The van der Waals surface area contributed by atoms with Crippen molar-refractivity contribution in [2.75, 3.05) is 13.2 Å². The fraction of sp³-hybridized carbons (Fsp3) is 0.333. The van der Waals surface area contributed by atoms with Gasteiger partial charge >= 0.3 is 5.97 Å². The first-order valence-corrected chi connectivity index (χ1v) is 9.32. The molecule has 0 radical (unpaired) electrons. The average molecular weight is 388 g/mol. The number of esters is 1. The Morgan fingerprint density at radius 2 is 2.00 bits per heavy atom. The fourth-order valence-electron chi connectivity index (χ4n) is 3.18. The van der Waals surface area contributed by atoms with Gasteiger partial charge in [-0.05, 0) is 61.1 Å². The Balaban J connectivity index is 1.44. The highest BCUT2D eigenvalue weighted by Crippen LogP contribution is 2.29. The maximum Gasteiger partial charge on any atom is 0.344 e. The van der Waals surface area contributed by atoms with E-state index in [-0.39, 0.29) is 25.2 Å². The standard InChI is InChI=1S/C21H22ClNO4/c1-14-11-16(9-10-18(14)22)26-13-21(25)27-12-20(24)23-19-8-4-6-15-5-2-3-7-17(15)19/h2-3,5,7,9-11,19H,4,6,8,12-13H2,1H3,(H,23,24)/t19-/m1/s1. The van der Waals surface area contributed by atoms with Gasteiger partial charge in [0.2, 0.25) is 0 Å². The van der Waals surface area contributed by atoms with Crippen LogP contribution in [0.25, 0.3) is 0 Å². The first-order chi connectivity index (χ1) is 13.0. The molecule has 1 aliphatic carbocycles. The Kier molecular flexibility index (Phi) is 6.35. The lowest BCUT2D eigenvalue weighted by atomic mass is 9.88. The van der Waals surface area contributed by atoms with E-state index in [4.69, 9.17) is 21.1 Å². The van der Waals surface area contributed by atoms with E-state index in [0.29, 0.717) is 10.8 Å². The number of nitrogens with one attached hydrogen (secondary N) is 1. The number of carbonyl (C=O) groups is 2. The summed E-state index contributed by atoms with van der Waals surface area (Å²) in [5, 5.41) is 3.58. The molecule has 0 heterocycles. The van der Waals surface area contributed by atoms with Crippen molar-refractivity contribution in [1.29, 1.82) is 0 Å². The molecule has 142 valence electrons. The summed E-state index contributed by atoms with van der Waals surface area (Å²) in [6.07, 6.45) is 2.94. The van der Waals surface area contributed by atoms with Gasteiger partial charge in [-0.25, -0.2) is 4.79 Å². The monoisotopic (exact) mass is 387 g/mol. The van der Waals surface area contributed by atoms with Gasteiger partial charge in [-0.3, -0.25) is 4.79 Å². The maximum absolute atomic E-state index is 12.1. The van der Waals surface area contributed by atoms with Gasteiger partial charge in [0.25, 0.3) is 5.91 Å². The predicted molar refractivity (Wildman–Crippen MR) is 103 cm³/mol. The van der Waals surface area contributed by atoms with Crippen molar-refractivity contribution in [3.8, 4) is 5.75 Å². The molecule has 0 spiro atoms. The van der Waals surface area contributed by atoms with Crippen LogP contribution in [0, 0.1) is 6.92 Å². The summed E-state index contributed by atoms with van der Waals surface area (Å²) in [5.74, 6) is -0.383. The van der Waals surface area contributed by atoms with Crippen LogP contribution < -0.4 is 10.1 Å². The molecule has 0 saturated heterocycles. The number of benzene rings is 2. The summed E-state index contributed by atoms with van der Waals surface area (Å²) in [6.45, 7) is 1.27. The lowest BCUT2D eigenvalue weighted by Gasteiger charge is -2.26. The van der Waals surface area contributed by atoms with Crippen LogP contribution in [0.2, 0.25) is 5.02 Å². The molecule has 27 heavy (non-hydrogen) atoms. The van der Waals surface area contributed by atoms with Crippen molar-refractivity contribution in [2.45, 2.75) is 32.2 Å². The summed E-state index contributed by atoms with van der Waals surface area (Å²) < 4.78 is 10.4. The molecule has 0 aromatic heterocycles. The molecular formula is C21H22ClNO4. The maximum atomic E-state index is 12.1. The van der Waals surface area contributed by atoms with Crippen LogP contribution in [-0.2, 0) is 20.7 Å². The minimum absolute atomic E-state index is 0.0329. The van der Waals surface area contributed by atoms with E-state index in [9.17, 15) is 9.59 Å². The number of fused-ring (bicyclic) bond motifs is 1. The highest BCUT2D eigenvalue weighted by Gasteiger charge is 2.21. The second-order valence-corrected chi connectivity index (χ2v) is 6.98. The quantitative estimate of drug-likeness (QED) is 0.766. The van der Waals surface area contributed by atoms with Gasteiger partial charge in [0.05, 0.1) is 6.04 Å². The SMILES string of the molecule is Cc1cc(OCC(=O)OCC(=O)N[C@@H]2CCCc3ccccc32)ccc1Cl. The number of halogens is 1. The zero-order chi connectivity index (χ0) is 19.2. The molecule has 6 heteroatoms. The lowest BCUT2D eigenvalue weighted by molar-refractivity contribution is -0.150. The number of amides is 1. The molecule has 0 bridgehead atoms. The number of hydrogen-bond acceptors (Lipinski definition) is 4. The van der Waals surface area contributed by atoms with Crippen molar-refractivity contribution < 1.29 is 19.1 Å². The van der Waals surface area contributed by atoms with Gasteiger partial charge in [0.15, 0.2) is 13.2 Å². The van der Waals surface area contributed by atoms with Crippen LogP contribution >= 0.6 is 11.6 Å². The van der Waals surface area contributed by atoms with Crippen molar-refractivity contribution in [1.82, 2.24) is 5.32 Å². The third-order valence-electron chi connectivity index (χ3n) is 4.55. The van der Waals surface area contributed by atoms with Crippen molar-refractivity contribution in [3.63, 3.8) is 0 Å². The Bertz CT molecular complexity index is 837. The minimum Gasteiger partial charge on any atom is -0.482 e. The highest BCUT2D eigenvalue weighted by molar-refractivity contribution is 6.31. The largest absolute Gasteiger partial charge is 0.482 e. The number of hydrogen-bond donors (Lipinski definition) is 1. The van der Waals surface area contributed by atoms with Crippen LogP contribution in [0.5, 0.6) is 5.75 Å². The molecule has 2 aromatic carbocycles. The summed E-state index contributed by atoms with van der Waals surface area (Å²) in [4.78, 5) is 23.9. The molecule has 1 N–H and O–H groups in total. The number of carbonyl (C=O) groups excluding carboxylic acids is 2.